The number of fused-ring (bicyclic) bond motifs is 1. The molecule has 0 atom stereocenters. The zero-order chi connectivity index (χ0) is 20.4. The van der Waals surface area contributed by atoms with Gasteiger partial charge in [-0.15, -0.1) is 0 Å². The van der Waals surface area contributed by atoms with E-state index >= 15 is 0 Å². The Kier molecular flexibility index (Phi) is 4.52. The van der Waals surface area contributed by atoms with Crippen LogP contribution >= 0.6 is 0 Å². The summed E-state index contributed by atoms with van der Waals surface area (Å²) >= 11 is 0. The van der Waals surface area contributed by atoms with Gasteiger partial charge in [-0.25, -0.2) is 15.0 Å². The number of hydrogen-bond donors (Lipinski definition) is 3. The first-order valence-electron chi connectivity index (χ1n) is 8.94. The average Bonchev–Trinajstić information content (AvgIpc) is 3.41. The third kappa shape index (κ3) is 3.82. The van der Waals surface area contributed by atoms with Crippen LogP contribution in [0.5, 0.6) is 0 Å². The molecule has 9 heteroatoms. The molecule has 4 heterocycles. The summed E-state index contributed by atoms with van der Waals surface area (Å²) in [5.74, 6) is -0.375. The van der Waals surface area contributed by atoms with Crippen LogP contribution in [0, 0.1) is 16.7 Å². The average molecular weight is 386 g/mol. The van der Waals surface area contributed by atoms with E-state index in [1.165, 1.54) is 6.20 Å². The van der Waals surface area contributed by atoms with Crippen molar-refractivity contribution in [1.82, 2.24) is 35.2 Å². The molecule has 0 spiro atoms. The highest BCUT2D eigenvalue weighted by Gasteiger charge is 2.19. The maximum absolute atomic E-state index is 12.4. The van der Waals surface area contributed by atoms with Gasteiger partial charge in [-0.1, -0.05) is 0 Å². The molecule has 0 aliphatic heterocycles. The predicted octanol–water partition coefficient (Wildman–Crippen LogP) is 2.69. The van der Waals surface area contributed by atoms with E-state index in [4.69, 9.17) is 5.26 Å². The number of H-pyrrole nitrogens is 2. The van der Waals surface area contributed by atoms with Gasteiger partial charge in [-0.3, -0.25) is 9.78 Å². The van der Waals surface area contributed by atoms with Gasteiger partial charge < -0.3 is 15.3 Å². The van der Waals surface area contributed by atoms with Crippen molar-refractivity contribution in [2.45, 2.75) is 13.8 Å². The van der Waals surface area contributed by atoms with E-state index in [1.54, 1.807) is 38.8 Å². The van der Waals surface area contributed by atoms with Crippen molar-refractivity contribution in [3.8, 4) is 28.7 Å². The fourth-order valence-electron chi connectivity index (χ4n) is 2.75. The summed E-state index contributed by atoms with van der Waals surface area (Å²) in [6.07, 6.45) is 8.01. The van der Waals surface area contributed by atoms with E-state index in [0.29, 0.717) is 5.69 Å². The number of carbonyl (C=O) groups is 1. The number of pyridine rings is 1. The fraction of sp³-hybridized carbons (Fsp3) is 0.200. The monoisotopic (exact) mass is 386 g/mol. The van der Waals surface area contributed by atoms with Crippen molar-refractivity contribution in [2.24, 2.45) is 5.41 Å². The highest BCUT2D eigenvalue weighted by atomic mass is 16.1. The van der Waals surface area contributed by atoms with Crippen molar-refractivity contribution in [1.29, 1.82) is 5.26 Å². The number of carbonyl (C=O) groups excluding carboxylic acids is 1. The Labute approximate surface area is 166 Å². The van der Waals surface area contributed by atoms with Gasteiger partial charge in [0.25, 0.3) is 5.91 Å². The van der Waals surface area contributed by atoms with Gasteiger partial charge in [0.2, 0.25) is 0 Å². The van der Waals surface area contributed by atoms with Crippen LogP contribution in [0.3, 0.4) is 0 Å². The minimum Gasteiger partial charge on any atom is -0.349 e. The van der Waals surface area contributed by atoms with Crippen molar-refractivity contribution >= 4 is 16.9 Å². The number of hydrogen-bond acceptors (Lipinski definition) is 6. The molecule has 1 amide bonds. The lowest BCUT2D eigenvalue weighted by atomic mass is 9.96. The summed E-state index contributed by atoms with van der Waals surface area (Å²) in [6.45, 7) is 3.73. The zero-order valence-corrected chi connectivity index (χ0v) is 15.9. The molecular weight excluding hydrogens is 368 g/mol. The Balaban J connectivity index is 1.60. The van der Waals surface area contributed by atoms with E-state index in [0.717, 1.165) is 28.0 Å². The molecule has 0 bridgehead atoms. The van der Waals surface area contributed by atoms with Crippen LogP contribution in [0.25, 0.3) is 33.7 Å². The molecule has 0 fully saturated rings. The summed E-state index contributed by atoms with van der Waals surface area (Å²) in [4.78, 5) is 35.7. The zero-order valence-electron chi connectivity index (χ0n) is 15.9. The van der Waals surface area contributed by atoms with Crippen LogP contribution in [0.1, 0.15) is 24.3 Å². The molecule has 0 radical (unpaired) electrons. The number of nitrogens with one attached hydrogen (secondary N) is 3. The molecule has 144 valence electrons. The number of aromatic amines is 2. The minimum atomic E-state index is -0.656. The van der Waals surface area contributed by atoms with Crippen LogP contribution in [0.15, 0.2) is 43.2 Å². The second kappa shape index (κ2) is 7.16. The van der Waals surface area contributed by atoms with Crippen LogP contribution < -0.4 is 5.32 Å². The van der Waals surface area contributed by atoms with Gasteiger partial charge in [0.05, 0.1) is 53.5 Å². The Morgan fingerprint density at radius 1 is 1.17 bits per heavy atom. The second-order valence-corrected chi connectivity index (χ2v) is 7.28. The number of aromatic nitrogens is 6. The maximum Gasteiger partial charge on any atom is 0.271 e. The third-order valence-electron chi connectivity index (χ3n) is 4.41. The van der Waals surface area contributed by atoms with E-state index in [9.17, 15) is 4.79 Å². The summed E-state index contributed by atoms with van der Waals surface area (Å²) < 4.78 is 0. The van der Waals surface area contributed by atoms with Crippen molar-refractivity contribution in [3.63, 3.8) is 0 Å². The highest BCUT2D eigenvalue weighted by Crippen LogP contribution is 2.25. The first-order valence-corrected chi connectivity index (χ1v) is 8.94. The summed E-state index contributed by atoms with van der Waals surface area (Å²) in [6, 6.07) is 6.05. The van der Waals surface area contributed by atoms with Gasteiger partial charge in [-0.2, -0.15) is 5.26 Å². The van der Waals surface area contributed by atoms with E-state index < -0.39 is 5.41 Å². The lowest BCUT2D eigenvalue weighted by Gasteiger charge is -2.15. The molecule has 0 aromatic carbocycles. The van der Waals surface area contributed by atoms with Gasteiger partial charge in [-0.05, 0) is 26.0 Å². The normalized spacial score (nSPS) is 11.3. The molecule has 0 saturated heterocycles. The molecule has 29 heavy (non-hydrogen) atoms. The summed E-state index contributed by atoms with van der Waals surface area (Å²) in [5.41, 5.74) is 3.28. The van der Waals surface area contributed by atoms with Gasteiger partial charge >= 0.3 is 0 Å². The number of nitrogens with zero attached hydrogens (tertiary/aromatic N) is 5. The Morgan fingerprint density at radius 3 is 2.79 bits per heavy atom. The molecule has 0 aliphatic carbocycles. The molecule has 0 saturated carbocycles. The first kappa shape index (κ1) is 18.3. The van der Waals surface area contributed by atoms with Crippen LogP contribution in [0.4, 0.5) is 0 Å². The van der Waals surface area contributed by atoms with Gasteiger partial charge in [0.1, 0.15) is 11.3 Å². The minimum absolute atomic E-state index is 0.184. The Bertz CT molecular complexity index is 1220. The van der Waals surface area contributed by atoms with Crippen LogP contribution in [0.2, 0.25) is 0 Å². The van der Waals surface area contributed by atoms with Crippen LogP contribution in [-0.4, -0.2) is 42.4 Å². The SMILES string of the molecule is CC(C)(C#N)CNC(=O)c1cncc(-c2cnc3[nH]c(-c4cnc[nH]4)cc3c2)n1. The van der Waals surface area contributed by atoms with Crippen molar-refractivity contribution in [3.05, 3.63) is 48.9 Å². The number of rotatable bonds is 5. The number of nitriles is 1. The Hall–Kier alpha value is -4.06. The molecule has 9 nitrogen and oxygen atoms in total. The molecule has 4 rings (SSSR count). The topological polar surface area (TPSA) is 136 Å². The number of amides is 1. The predicted molar refractivity (Wildman–Crippen MR) is 106 cm³/mol. The first-order chi connectivity index (χ1) is 13.9. The van der Waals surface area contributed by atoms with Gasteiger partial charge in [0, 0.05) is 23.7 Å². The highest BCUT2D eigenvalue weighted by molar-refractivity contribution is 5.92. The van der Waals surface area contributed by atoms with E-state index in [-0.39, 0.29) is 18.1 Å². The maximum atomic E-state index is 12.4. The second-order valence-electron chi connectivity index (χ2n) is 7.28. The van der Waals surface area contributed by atoms with E-state index in [2.05, 4.69) is 41.3 Å². The molecule has 4 aromatic heterocycles. The van der Waals surface area contributed by atoms with Gasteiger partial charge in [0.15, 0.2) is 0 Å². The molecular formula is C20H18N8O. The number of imidazole rings is 1. The smallest absolute Gasteiger partial charge is 0.271 e. The molecule has 0 unspecified atom stereocenters. The summed E-state index contributed by atoms with van der Waals surface area (Å²) in [7, 11) is 0. The summed E-state index contributed by atoms with van der Waals surface area (Å²) in [5, 5.41) is 12.7. The van der Waals surface area contributed by atoms with Crippen molar-refractivity contribution < 1.29 is 4.79 Å². The van der Waals surface area contributed by atoms with Crippen molar-refractivity contribution in [2.75, 3.05) is 6.54 Å². The largest absolute Gasteiger partial charge is 0.349 e. The molecule has 0 aliphatic rings. The standard InChI is InChI=1S/C20H18N8O/c1-20(2,9-21)10-25-19(29)17-8-22-6-15(27-17)13-3-12-4-14(16-7-23-11-26-16)28-18(12)24-5-13/h3-8,11H,10H2,1-2H3,(H,23,26)(H,24,28)(H,25,29). The third-order valence-corrected chi connectivity index (χ3v) is 4.41. The molecule has 3 N–H and O–H groups in total. The fourth-order valence-corrected chi connectivity index (χ4v) is 2.75. The lowest BCUT2D eigenvalue weighted by Crippen LogP contribution is -2.33. The lowest BCUT2D eigenvalue weighted by molar-refractivity contribution is 0.0938. The molecule has 4 aromatic rings. The Morgan fingerprint density at radius 2 is 2.03 bits per heavy atom. The quantitative estimate of drug-likeness (QED) is 0.482. The van der Waals surface area contributed by atoms with E-state index in [1.807, 2.05) is 12.1 Å². The van der Waals surface area contributed by atoms with Crippen LogP contribution in [-0.2, 0) is 0 Å².